The predicted octanol–water partition coefficient (Wildman–Crippen LogP) is 4.26. The Hall–Kier alpha value is -2.53. The third-order valence-electron chi connectivity index (χ3n) is 7.51. The van der Waals surface area contributed by atoms with Crippen LogP contribution in [0.25, 0.3) is 10.9 Å². The van der Waals surface area contributed by atoms with Crippen molar-refractivity contribution in [2.75, 3.05) is 18.8 Å². The van der Waals surface area contributed by atoms with Crippen LogP contribution in [0, 0.1) is 5.92 Å². The Balaban J connectivity index is 1.64. The summed E-state index contributed by atoms with van der Waals surface area (Å²) >= 11 is 0. The molecule has 0 amide bonds. The third-order valence-corrected chi connectivity index (χ3v) is 7.51. The molecule has 1 fully saturated rings. The first-order valence-corrected chi connectivity index (χ1v) is 11.2. The molecule has 1 aliphatic heterocycles. The number of hydrogen-bond acceptors (Lipinski definition) is 4. The number of ketones is 1. The van der Waals surface area contributed by atoms with Crippen molar-refractivity contribution in [3.63, 3.8) is 0 Å². The fourth-order valence-corrected chi connectivity index (χ4v) is 5.65. The average Bonchev–Trinajstić information content (AvgIpc) is 3.12. The minimum Gasteiger partial charge on any atom is -0.399 e. The Labute approximate surface area is 178 Å². The Morgan fingerprint density at radius 1 is 1.23 bits per heavy atom. The molecule has 5 heteroatoms. The number of H-pyrrole nitrogens is 1. The van der Waals surface area contributed by atoms with E-state index in [2.05, 4.69) is 36.7 Å². The quantitative estimate of drug-likeness (QED) is 0.653. The van der Waals surface area contributed by atoms with Crippen LogP contribution in [0.4, 0.5) is 5.69 Å². The maximum Gasteiger partial charge on any atom is 0.191 e. The summed E-state index contributed by atoms with van der Waals surface area (Å²) in [7, 11) is 0. The SMILES string of the molecule is CCC1CC2=C(C=C1N1CCC(N)CC1)C(C)(C)c1[nH]c3cc(N)ccc3c1C2=O. The van der Waals surface area contributed by atoms with Gasteiger partial charge in [-0.05, 0) is 49.5 Å². The van der Waals surface area contributed by atoms with E-state index in [1.54, 1.807) is 0 Å². The van der Waals surface area contributed by atoms with Crippen molar-refractivity contribution in [3.8, 4) is 0 Å². The number of anilines is 1. The Morgan fingerprint density at radius 3 is 2.67 bits per heavy atom. The number of nitrogens with one attached hydrogen (secondary N) is 1. The van der Waals surface area contributed by atoms with E-state index < -0.39 is 0 Å². The molecule has 0 radical (unpaired) electrons. The average molecular weight is 405 g/mol. The van der Waals surface area contributed by atoms with Gasteiger partial charge < -0.3 is 21.4 Å². The Morgan fingerprint density at radius 2 is 1.97 bits per heavy atom. The van der Waals surface area contributed by atoms with Gasteiger partial charge in [-0.2, -0.15) is 0 Å². The van der Waals surface area contributed by atoms with Gasteiger partial charge in [0.25, 0.3) is 0 Å². The lowest BCUT2D eigenvalue weighted by Crippen LogP contribution is -2.42. The summed E-state index contributed by atoms with van der Waals surface area (Å²) in [5, 5.41) is 0.983. The number of aromatic amines is 1. The molecule has 2 aromatic rings. The minimum absolute atomic E-state index is 0.185. The molecule has 1 saturated heterocycles. The molecule has 2 aliphatic carbocycles. The second-order valence-corrected chi connectivity index (χ2v) is 9.73. The number of nitrogens with zero attached hydrogens (tertiary/aromatic N) is 1. The number of likely N-dealkylation sites (tertiary alicyclic amines) is 1. The molecule has 3 aliphatic rings. The Kier molecular flexibility index (Phi) is 4.37. The van der Waals surface area contributed by atoms with E-state index in [4.69, 9.17) is 11.5 Å². The van der Waals surface area contributed by atoms with Crippen molar-refractivity contribution < 1.29 is 4.79 Å². The summed E-state index contributed by atoms with van der Waals surface area (Å²) < 4.78 is 0. The molecule has 5 rings (SSSR count). The van der Waals surface area contributed by atoms with E-state index in [0.29, 0.717) is 17.6 Å². The first kappa shape index (κ1) is 19.4. The van der Waals surface area contributed by atoms with E-state index in [1.165, 1.54) is 11.3 Å². The number of aromatic nitrogens is 1. The molecule has 0 saturated carbocycles. The van der Waals surface area contributed by atoms with Crippen molar-refractivity contribution >= 4 is 22.4 Å². The normalized spacial score (nSPS) is 24.1. The number of carbonyl (C=O) groups excluding carboxylic acids is 1. The highest BCUT2D eigenvalue weighted by molar-refractivity contribution is 6.20. The summed E-state index contributed by atoms with van der Waals surface area (Å²) in [5.74, 6) is 0.574. The van der Waals surface area contributed by atoms with Crippen molar-refractivity contribution in [1.29, 1.82) is 0 Å². The van der Waals surface area contributed by atoms with Gasteiger partial charge in [0.15, 0.2) is 5.78 Å². The Bertz CT molecular complexity index is 1100. The lowest BCUT2D eigenvalue weighted by atomic mass is 9.66. The van der Waals surface area contributed by atoms with Gasteiger partial charge in [0.2, 0.25) is 0 Å². The van der Waals surface area contributed by atoms with E-state index in [0.717, 1.165) is 66.5 Å². The van der Waals surface area contributed by atoms with Crippen LogP contribution in [0.3, 0.4) is 0 Å². The minimum atomic E-state index is -0.261. The van der Waals surface area contributed by atoms with Crippen molar-refractivity contribution in [2.45, 2.75) is 57.9 Å². The van der Waals surface area contributed by atoms with Crippen LogP contribution in [0.1, 0.15) is 62.5 Å². The zero-order valence-electron chi connectivity index (χ0n) is 18.2. The second kappa shape index (κ2) is 6.74. The van der Waals surface area contributed by atoms with E-state index in [9.17, 15) is 4.79 Å². The van der Waals surface area contributed by atoms with E-state index >= 15 is 0 Å². The van der Waals surface area contributed by atoms with Gasteiger partial charge in [-0.15, -0.1) is 0 Å². The topological polar surface area (TPSA) is 88.1 Å². The molecular weight excluding hydrogens is 372 g/mol. The number of Topliss-reactive ketones (excluding diaryl/α,β-unsaturated/α-hetero) is 1. The fraction of sp³-hybridized carbons (Fsp3) is 0.480. The van der Waals surface area contributed by atoms with E-state index in [-0.39, 0.29) is 11.2 Å². The van der Waals surface area contributed by atoms with Crippen molar-refractivity contribution in [2.24, 2.45) is 11.7 Å². The second-order valence-electron chi connectivity index (χ2n) is 9.73. The van der Waals surface area contributed by atoms with Crippen LogP contribution < -0.4 is 11.5 Å². The molecule has 1 atom stereocenters. The number of fused-ring (bicyclic) bond motifs is 3. The van der Waals surface area contributed by atoms with Crippen LogP contribution in [0.15, 0.2) is 41.1 Å². The van der Waals surface area contributed by atoms with Crippen LogP contribution >= 0.6 is 0 Å². The van der Waals surface area contributed by atoms with Gasteiger partial charge in [0.1, 0.15) is 0 Å². The maximum atomic E-state index is 13.7. The van der Waals surface area contributed by atoms with Crippen molar-refractivity contribution in [1.82, 2.24) is 9.88 Å². The van der Waals surface area contributed by atoms with Crippen molar-refractivity contribution in [3.05, 3.63) is 52.4 Å². The number of benzene rings is 1. The van der Waals surface area contributed by atoms with Gasteiger partial charge >= 0.3 is 0 Å². The van der Waals surface area contributed by atoms with Gasteiger partial charge in [0.05, 0.1) is 5.56 Å². The number of hydrogen-bond donors (Lipinski definition) is 3. The number of allylic oxidation sites excluding steroid dienone is 4. The molecule has 30 heavy (non-hydrogen) atoms. The summed E-state index contributed by atoms with van der Waals surface area (Å²) in [6.45, 7) is 8.73. The van der Waals surface area contributed by atoms with Gasteiger partial charge in [-0.25, -0.2) is 0 Å². The number of nitrogens with two attached hydrogens (primary N) is 2. The molecule has 1 aromatic carbocycles. The summed E-state index contributed by atoms with van der Waals surface area (Å²) in [5.41, 5.74) is 19.0. The first-order chi connectivity index (χ1) is 14.3. The molecule has 1 aromatic heterocycles. The molecule has 5 N–H and O–H groups in total. The molecule has 0 bridgehead atoms. The monoisotopic (exact) mass is 404 g/mol. The highest BCUT2D eigenvalue weighted by atomic mass is 16.1. The molecule has 0 spiro atoms. The third kappa shape index (κ3) is 2.75. The number of nitrogen functional groups attached to an aromatic ring is 1. The smallest absolute Gasteiger partial charge is 0.191 e. The molecule has 2 heterocycles. The summed E-state index contributed by atoms with van der Waals surface area (Å²) in [6.07, 6.45) is 6.27. The van der Waals surface area contributed by atoms with Gasteiger partial charge in [-0.3, -0.25) is 4.79 Å². The lowest BCUT2D eigenvalue weighted by Gasteiger charge is -2.43. The summed E-state index contributed by atoms with van der Waals surface area (Å²) in [4.78, 5) is 19.8. The number of piperidine rings is 1. The van der Waals surface area contributed by atoms with Crippen LogP contribution in [-0.2, 0) is 5.41 Å². The highest BCUT2D eigenvalue weighted by Crippen LogP contribution is 2.49. The van der Waals surface area contributed by atoms with Crippen LogP contribution in [-0.4, -0.2) is 34.8 Å². The number of rotatable bonds is 2. The molecule has 158 valence electrons. The summed E-state index contributed by atoms with van der Waals surface area (Å²) in [6, 6.07) is 6.12. The van der Waals surface area contributed by atoms with E-state index in [1.807, 2.05) is 18.2 Å². The van der Waals surface area contributed by atoms with Gasteiger partial charge in [0, 0.05) is 64.0 Å². The largest absolute Gasteiger partial charge is 0.399 e. The number of carbonyl (C=O) groups is 1. The highest BCUT2D eigenvalue weighted by Gasteiger charge is 2.43. The molecule has 5 nitrogen and oxygen atoms in total. The predicted molar refractivity (Wildman–Crippen MR) is 122 cm³/mol. The first-order valence-electron chi connectivity index (χ1n) is 11.2. The zero-order chi connectivity index (χ0) is 21.2. The maximum absolute atomic E-state index is 13.7. The van der Waals surface area contributed by atoms with Crippen LogP contribution in [0.2, 0.25) is 0 Å². The van der Waals surface area contributed by atoms with Gasteiger partial charge in [-0.1, -0.05) is 26.8 Å². The lowest BCUT2D eigenvalue weighted by molar-refractivity contribution is 0.101. The standard InChI is InChI=1S/C25H32N4O/c1-4-14-11-18-19(13-21(14)29-9-7-15(26)8-10-29)25(2,3)24-22(23(18)30)17-6-5-16(27)12-20(17)28-24/h5-6,12-15,28H,4,7-11,26-27H2,1-3H3. The fourth-order valence-electron chi connectivity index (χ4n) is 5.65. The van der Waals surface area contributed by atoms with Crippen LogP contribution in [0.5, 0.6) is 0 Å². The molecular formula is C25H32N4O. The molecule has 1 unspecified atom stereocenters. The zero-order valence-corrected chi connectivity index (χ0v) is 18.2.